The maximum absolute atomic E-state index is 5.44. The molecule has 1 saturated heterocycles. The van der Waals surface area contributed by atoms with Crippen LogP contribution in [0.4, 0.5) is 0 Å². The van der Waals surface area contributed by atoms with Gasteiger partial charge in [0.2, 0.25) is 0 Å². The van der Waals surface area contributed by atoms with Crippen molar-refractivity contribution in [1.82, 2.24) is 20.0 Å². The number of nitrogens with one attached hydrogen (secondary N) is 1. The van der Waals surface area contributed by atoms with Crippen LogP contribution in [0.3, 0.4) is 0 Å². The van der Waals surface area contributed by atoms with Crippen LogP contribution in [-0.4, -0.2) is 33.8 Å². The first-order chi connectivity index (χ1) is 10.8. The molecule has 0 spiro atoms. The average molecular weight is 302 g/mol. The third-order valence-corrected chi connectivity index (χ3v) is 4.61. The molecule has 0 amide bonds. The van der Waals surface area contributed by atoms with Crippen molar-refractivity contribution in [3.63, 3.8) is 0 Å². The first-order valence-corrected chi connectivity index (χ1v) is 8.25. The Hall–Kier alpha value is -1.59. The van der Waals surface area contributed by atoms with Crippen LogP contribution in [0.25, 0.3) is 0 Å². The van der Waals surface area contributed by atoms with Crippen molar-refractivity contribution in [3.05, 3.63) is 42.1 Å². The van der Waals surface area contributed by atoms with Crippen molar-refractivity contribution in [3.8, 4) is 0 Å². The lowest BCUT2D eigenvalue weighted by atomic mass is 10.0. The minimum atomic E-state index is 0.397. The van der Waals surface area contributed by atoms with Gasteiger partial charge in [0.25, 0.3) is 0 Å². The van der Waals surface area contributed by atoms with Crippen LogP contribution in [0.15, 0.2) is 35.1 Å². The molecule has 0 bridgehead atoms. The van der Waals surface area contributed by atoms with Gasteiger partial charge in [0, 0.05) is 38.4 Å². The van der Waals surface area contributed by atoms with Gasteiger partial charge in [0.15, 0.2) is 0 Å². The van der Waals surface area contributed by atoms with Gasteiger partial charge in [0.1, 0.15) is 5.76 Å². The van der Waals surface area contributed by atoms with Crippen LogP contribution in [-0.2, 0) is 13.6 Å². The molecule has 5 heteroatoms. The second-order valence-corrected chi connectivity index (χ2v) is 6.14. The molecule has 1 N–H and O–H groups in total. The first-order valence-electron chi connectivity index (χ1n) is 8.25. The largest absolute Gasteiger partial charge is 0.468 e. The van der Waals surface area contributed by atoms with Gasteiger partial charge in [0.05, 0.1) is 18.5 Å². The average Bonchev–Trinajstić information content (AvgIpc) is 3.18. The molecule has 2 aromatic rings. The number of nitrogens with zero attached hydrogens (tertiary/aromatic N) is 3. The number of aryl methyl sites for hydroxylation is 1. The second kappa shape index (κ2) is 7.11. The van der Waals surface area contributed by atoms with Gasteiger partial charge in [-0.2, -0.15) is 5.10 Å². The van der Waals surface area contributed by atoms with E-state index in [0.29, 0.717) is 12.1 Å². The van der Waals surface area contributed by atoms with Crippen LogP contribution in [0, 0.1) is 0 Å². The van der Waals surface area contributed by atoms with E-state index < -0.39 is 0 Å². The summed E-state index contributed by atoms with van der Waals surface area (Å²) in [4.78, 5) is 2.47. The van der Waals surface area contributed by atoms with Crippen molar-refractivity contribution < 1.29 is 4.42 Å². The smallest absolute Gasteiger partial charge is 0.117 e. The van der Waals surface area contributed by atoms with Gasteiger partial charge in [-0.1, -0.05) is 6.92 Å². The molecule has 22 heavy (non-hydrogen) atoms. The number of likely N-dealkylation sites (tertiary alicyclic amines) is 1. The molecule has 3 heterocycles. The van der Waals surface area contributed by atoms with Crippen molar-refractivity contribution in [1.29, 1.82) is 0 Å². The van der Waals surface area contributed by atoms with Crippen LogP contribution in [0.1, 0.15) is 43.7 Å². The fourth-order valence-electron chi connectivity index (χ4n) is 3.30. The number of hydrogen-bond donors (Lipinski definition) is 1. The summed E-state index contributed by atoms with van der Waals surface area (Å²) < 4.78 is 7.42. The summed E-state index contributed by atoms with van der Waals surface area (Å²) in [6, 6.07) is 7.12. The Morgan fingerprint density at radius 1 is 1.36 bits per heavy atom. The standard InChI is InChI=1S/C17H26N4O/c1-3-16(17-6-9-18-20(17)2)19-14-7-10-21(11-8-14)13-15-5-4-12-22-15/h4-6,9,12,14,16,19H,3,7-8,10-11,13H2,1-2H3. The zero-order chi connectivity index (χ0) is 15.4. The number of rotatable bonds is 6. The van der Waals surface area contributed by atoms with Crippen LogP contribution in [0.5, 0.6) is 0 Å². The van der Waals surface area contributed by atoms with Gasteiger partial charge in [-0.3, -0.25) is 9.58 Å². The van der Waals surface area contributed by atoms with Crippen LogP contribution in [0.2, 0.25) is 0 Å². The summed E-state index contributed by atoms with van der Waals surface area (Å²) in [5.41, 5.74) is 1.28. The lowest BCUT2D eigenvalue weighted by Gasteiger charge is -2.34. The molecule has 3 rings (SSSR count). The summed E-state index contributed by atoms with van der Waals surface area (Å²) in [7, 11) is 2.02. The van der Waals surface area contributed by atoms with Gasteiger partial charge in [-0.05, 0) is 37.5 Å². The molecule has 1 aliphatic heterocycles. The predicted octanol–water partition coefficient (Wildman–Crippen LogP) is 2.72. The number of aromatic nitrogens is 2. The van der Waals surface area contributed by atoms with Gasteiger partial charge < -0.3 is 9.73 Å². The SMILES string of the molecule is CCC(NC1CCN(Cc2ccco2)CC1)c1ccnn1C. The van der Waals surface area contributed by atoms with E-state index in [0.717, 1.165) is 31.8 Å². The zero-order valence-electron chi connectivity index (χ0n) is 13.5. The highest BCUT2D eigenvalue weighted by Crippen LogP contribution is 2.20. The first kappa shape index (κ1) is 15.3. The van der Waals surface area contributed by atoms with Crippen molar-refractivity contribution in [2.75, 3.05) is 13.1 Å². The predicted molar refractivity (Wildman–Crippen MR) is 86.4 cm³/mol. The highest BCUT2D eigenvalue weighted by atomic mass is 16.3. The summed E-state index contributed by atoms with van der Waals surface area (Å²) in [6.45, 7) is 5.41. The van der Waals surface area contributed by atoms with E-state index in [4.69, 9.17) is 4.42 Å². The summed E-state index contributed by atoms with van der Waals surface area (Å²) in [5, 5.41) is 8.11. The molecule has 1 unspecified atom stereocenters. The highest BCUT2D eigenvalue weighted by Gasteiger charge is 2.23. The molecular weight excluding hydrogens is 276 g/mol. The fraction of sp³-hybridized carbons (Fsp3) is 0.588. The van der Waals surface area contributed by atoms with E-state index >= 15 is 0 Å². The van der Waals surface area contributed by atoms with Crippen LogP contribution < -0.4 is 5.32 Å². The molecule has 0 radical (unpaired) electrons. The van der Waals surface area contributed by atoms with Gasteiger partial charge in [-0.15, -0.1) is 0 Å². The second-order valence-electron chi connectivity index (χ2n) is 6.14. The van der Waals surface area contributed by atoms with Crippen molar-refractivity contribution in [2.24, 2.45) is 7.05 Å². The number of piperidine rings is 1. The Labute approximate surface area is 132 Å². The number of hydrogen-bond acceptors (Lipinski definition) is 4. The van der Waals surface area contributed by atoms with E-state index in [1.165, 1.54) is 18.5 Å². The minimum Gasteiger partial charge on any atom is -0.468 e. The topological polar surface area (TPSA) is 46.2 Å². The monoisotopic (exact) mass is 302 g/mol. The Morgan fingerprint density at radius 2 is 2.18 bits per heavy atom. The Balaban J connectivity index is 1.50. The zero-order valence-corrected chi connectivity index (χ0v) is 13.5. The van der Waals surface area contributed by atoms with E-state index in [1.807, 2.05) is 24.0 Å². The molecular formula is C17H26N4O. The quantitative estimate of drug-likeness (QED) is 0.891. The molecule has 1 aliphatic rings. The minimum absolute atomic E-state index is 0.397. The van der Waals surface area contributed by atoms with E-state index in [2.05, 4.69) is 34.4 Å². The summed E-state index contributed by atoms with van der Waals surface area (Å²) in [5.74, 6) is 1.06. The molecule has 5 nitrogen and oxygen atoms in total. The van der Waals surface area contributed by atoms with Crippen molar-refractivity contribution >= 4 is 0 Å². The van der Waals surface area contributed by atoms with E-state index in [1.54, 1.807) is 6.26 Å². The molecule has 0 saturated carbocycles. The Bertz CT molecular complexity index is 555. The maximum atomic E-state index is 5.44. The molecule has 2 aromatic heterocycles. The third-order valence-electron chi connectivity index (χ3n) is 4.61. The maximum Gasteiger partial charge on any atom is 0.117 e. The Kier molecular flexibility index (Phi) is 4.95. The van der Waals surface area contributed by atoms with E-state index in [9.17, 15) is 0 Å². The van der Waals surface area contributed by atoms with Crippen molar-refractivity contribution in [2.45, 2.75) is 44.8 Å². The highest BCUT2D eigenvalue weighted by molar-refractivity contribution is 5.07. The number of furan rings is 1. The van der Waals surface area contributed by atoms with Gasteiger partial charge in [-0.25, -0.2) is 0 Å². The summed E-state index contributed by atoms with van der Waals surface area (Å²) in [6.07, 6.45) is 7.10. The molecule has 0 aliphatic carbocycles. The molecule has 1 atom stereocenters. The molecule has 1 fully saturated rings. The lowest BCUT2D eigenvalue weighted by molar-refractivity contribution is 0.172. The van der Waals surface area contributed by atoms with Crippen LogP contribution >= 0.6 is 0 Å². The van der Waals surface area contributed by atoms with Gasteiger partial charge >= 0.3 is 0 Å². The Morgan fingerprint density at radius 3 is 2.77 bits per heavy atom. The molecule has 0 aromatic carbocycles. The molecule has 120 valence electrons. The normalized spacial score (nSPS) is 18.6. The van der Waals surface area contributed by atoms with E-state index in [-0.39, 0.29) is 0 Å². The summed E-state index contributed by atoms with van der Waals surface area (Å²) >= 11 is 0. The fourth-order valence-corrected chi connectivity index (χ4v) is 3.30. The lowest BCUT2D eigenvalue weighted by Crippen LogP contribution is -2.43. The third kappa shape index (κ3) is 3.59.